The van der Waals surface area contributed by atoms with E-state index < -0.39 is 15.7 Å². The SMILES string of the molecule is O=C(COc1ccccc1)N=C1S[C@H]2CS(=O)(=O)C[C@@H]2N1c1ccccc1. The van der Waals surface area contributed by atoms with Gasteiger partial charge < -0.3 is 9.64 Å². The number of thioether (sulfide) groups is 1. The molecule has 2 atom stereocenters. The Morgan fingerprint density at radius 1 is 1.07 bits per heavy atom. The number of fused-ring (bicyclic) bond motifs is 1. The average Bonchev–Trinajstić information content (AvgIpc) is 3.12. The van der Waals surface area contributed by atoms with Crippen LogP contribution in [0.1, 0.15) is 0 Å². The van der Waals surface area contributed by atoms with Crippen molar-refractivity contribution in [2.45, 2.75) is 11.3 Å². The number of aliphatic imine (C=N–C) groups is 1. The number of amidine groups is 1. The minimum Gasteiger partial charge on any atom is -0.484 e. The zero-order chi connectivity index (χ0) is 18.9. The van der Waals surface area contributed by atoms with Gasteiger partial charge in [-0.2, -0.15) is 4.99 Å². The van der Waals surface area contributed by atoms with Gasteiger partial charge >= 0.3 is 0 Å². The van der Waals surface area contributed by atoms with Crippen molar-refractivity contribution in [2.75, 3.05) is 23.0 Å². The van der Waals surface area contributed by atoms with Crippen molar-refractivity contribution in [1.82, 2.24) is 0 Å². The van der Waals surface area contributed by atoms with Crippen LogP contribution < -0.4 is 9.64 Å². The normalized spacial score (nSPS) is 24.7. The largest absolute Gasteiger partial charge is 0.484 e. The maximum absolute atomic E-state index is 12.3. The van der Waals surface area contributed by atoms with Crippen molar-refractivity contribution < 1.29 is 17.9 Å². The molecule has 2 heterocycles. The van der Waals surface area contributed by atoms with E-state index >= 15 is 0 Å². The van der Waals surface area contributed by atoms with Crippen LogP contribution in [0.15, 0.2) is 65.7 Å². The molecule has 0 aliphatic carbocycles. The van der Waals surface area contributed by atoms with Crippen LogP contribution in [0, 0.1) is 0 Å². The minimum absolute atomic E-state index is 0.0767. The van der Waals surface area contributed by atoms with Crippen LogP contribution in [-0.2, 0) is 14.6 Å². The first-order chi connectivity index (χ1) is 13.0. The molecule has 0 bridgehead atoms. The molecule has 2 aromatic rings. The number of ether oxygens (including phenoxy) is 1. The zero-order valence-electron chi connectivity index (χ0n) is 14.4. The van der Waals surface area contributed by atoms with Crippen LogP contribution in [0.2, 0.25) is 0 Å². The number of nitrogens with zero attached hydrogens (tertiary/aromatic N) is 2. The highest BCUT2D eigenvalue weighted by molar-refractivity contribution is 8.16. The third-order valence-electron chi connectivity index (χ3n) is 4.43. The molecule has 0 unspecified atom stereocenters. The second-order valence-corrected chi connectivity index (χ2v) is 9.76. The molecule has 0 spiro atoms. The maximum atomic E-state index is 12.3. The average molecular weight is 402 g/mol. The third-order valence-corrected chi connectivity index (χ3v) is 7.64. The van der Waals surface area contributed by atoms with Crippen molar-refractivity contribution in [2.24, 2.45) is 4.99 Å². The Morgan fingerprint density at radius 3 is 2.44 bits per heavy atom. The first-order valence-electron chi connectivity index (χ1n) is 8.52. The minimum atomic E-state index is -3.07. The molecule has 2 aliphatic heterocycles. The van der Waals surface area contributed by atoms with Crippen LogP contribution in [0.5, 0.6) is 5.75 Å². The molecule has 1 amide bonds. The zero-order valence-corrected chi connectivity index (χ0v) is 16.0. The smallest absolute Gasteiger partial charge is 0.285 e. The predicted molar refractivity (Wildman–Crippen MR) is 107 cm³/mol. The molecule has 6 nitrogen and oxygen atoms in total. The van der Waals surface area contributed by atoms with E-state index in [1.807, 2.05) is 53.4 Å². The molecule has 0 radical (unpaired) electrons. The van der Waals surface area contributed by atoms with E-state index in [1.165, 1.54) is 11.8 Å². The van der Waals surface area contributed by atoms with Gasteiger partial charge in [0.15, 0.2) is 21.6 Å². The number of hydrogen-bond acceptors (Lipinski definition) is 5. The van der Waals surface area contributed by atoms with Crippen LogP contribution in [0.3, 0.4) is 0 Å². The number of sulfone groups is 1. The summed E-state index contributed by atoms with van der Waals surface area (Å²) >= 11 is 1.36. The molecule has 27 heavy (non-hydrogen) atoms. The van der Waals surface area contributed by atoms with Crippen LogP contribution in [0.25, 0.3) is 0 Å². The summed E-state index contributed by atoms with van der Waals surface area (Å²) in [6, 6.07) is 18.3. The number of rotatable bonds is 4. The van der Waals surface area contributed by atoms with Crippen LogP contribution in [0.4, 0.5) is 5.69 Å². The lowest BCUT2D eigenvalue weighted by Gasteiger charge is -2.24. The first-order valence-corrected chi connectivity index (χ1v) is 11.2. The Bertz CT molecular complexity index is 962. The highest BCUT2D eigenvalue weighted by atomic mass is 32.2. The summed E-state index contributed by atoms with van der Waals surface area (Å²) in [6.07, 6.45) is 0. The van der Waals surface area contributed by atoms with E-state index in [-0.39, 0.29) is 29.4 Å². The lowest BCUT2D eigenvalue weighted by Crippen LogP contribution is -2.37. The van der Waals surface area contributed by atoms with Gasteiger partial charge in [0.1, 0.15) is 5.75 Å². The second kappa shape index (κ2) is 7.36. The number of anilines is 1. The lowest BCUT2D eigenvalue weighted by molar-refractivity contribution is -0.119. The van der Waals surface area contributed by atoms with Crippen molar-refractivity contribution in [3.63, 3.8) is 0 Å². The molecule has 8 heteroatoms. The van der Waals surface area contributed by atoms with Crippen molar-refractivity contribution in [3.05, 3.63) is 60.7 Å². The molecule has 140 valence electrons. The standard InChI is InChI=1S/C19H18N2O4S2/c22-18(11-25-15-9-5-2-6-10-15)20-19-21(14-7-3-1-4-8-14)16-12-27(23,24)13-17(16)26-19/h1-10,16-17H,11-13H2/t16-,17-/m0/s1. The Hall–Kier alpha value is -2.32. The monoisotopic (exact) mass is 402 g/mol. The van der Waals surface area contributed by atoms with E-state index in [0.29, 0.717) is 10.9 Å². The molecular formula is C19H18N2O4S2. The van der Waals surface area contributed by atoms with Crippen LogP contribution in [-0.4, -0.2) is 48.9 Å². The quantitative estimate of drug-likeness (QED) is 0.782. The first kappa shape index (κ1) is 18.1. The number of carbonyl (C=O) groups excluding carboxylic acids is 1. The summed E-state index contributed by atoms with van der Waals surface area (Å²) in [5.74, 6) is 0.394. The van der Waals surface area contributed by atoms with E-state index in [2.05, 4.69) is 4.99 Å². The van der Waals surface area contributed by atoms with Gasteiger partial charge in [-0.1, -0.05) is 48.2 Å². The number of carbonyl (C=O) groups is 1. The summed E-state index contributed by atoms with van der Waals surface area (Å²) in [7, 11) is -3.07. The second-order valence-electron chi connectivity index (χ2n) is 6.40. The Labute approximate surface area is 162 Å². The maximum Gasteiger partial charge on any atom is 0.285 e. The fourth-order valence-corrected chi connectivity index (χ4v) is 7.19. The van der Waals surface area contributed by atoms with Gasteiger partial charge in [-0.25, -0.2) is 8.42 Å². The molecule has 0 N–H and O–H groups in total. The molecule has 4 rings (SSSR count). The fraction of sp³-hybridized carbons (Fsp3) is 0.263. The summed E-state index contributed by atoms with van der Waals surface area (Å²) in [4.78, 5) is 18.4. The number of hydrogen-bond donors (Lipinski definition) is 0. The van der Waals surface area contributed by atoms with Gasteiger partial charge in [0.25, 0.3) is 5.91 Å². The molecule has 2 aliphatic rings. The third kappa shape index (κ3) is 4.01. The van der Waals surface area contributed by atoms with E-state index in [0.717, 1.165) is 5.69 Å². The molecular weight excluding hydrogens is 384 g/mol. The van der Waals surface area contributed by atoms with Gasteiger partial charge in [0.2, 0.25) is 0 Å². The number of amides is 1. The highest BCUT2D eigenvalue weighted by Crippen LogP contribution is 2.40. The summed E-state index contributed by atoms with van der Waals surface area (Å²) < 4.78 is 29.6. The van der Waals surface area contributed by atoms with E-state index in [1.54, 1.807) is 12.1 Å². The highest BCUT2D eigenvalue weighted by Gasteiger charge is 2.49. The summed E-state index contributed by atoms with van der Waals surface area (Å²) in [5.41, 5.74) is 0.838. The number of para-hydroxylation sites is 2. The van der Waals surface area contributed by atoms with Crippen molar-refractivity contribution >= 4 is 38.4 Å². The molecule has 0 aromatic heterocycles. The van der Waals surface area contributed by atoms with Gasteiger partial charge in [-0.15, -0.1) is 0 Å². The fourth-order valence-electron chi connectivity index (χ4n) is 3.26. The molecule has 2 saturated heterocycles. The van der Waals surface area contributed by atoms with Gasteiger partial charge in [0.05, 0.1) is 17.5 Å². The lowest BCUT2D eigenvalue weighted by atomic mass is 10.2. The van der Waals surface area contributed by atoms with Crippen molar-refractivity contribution in [1.29, 1.82) is 0 Å². The van der Waals surface area contributed by atoms with Gasteiger partial charge in [-0.3, -0.25) is 4.79 Å². The summed E-state index contributed by atoms with van der Waals surface area (Å²) in [6.45, 7) is -0.162. The molecule has 2 fully saturated rings. The topological polar surface area (TPSA) is 76.0 Å². The van der Waals surface area contributed by atoms with Crippen LogP contribution >= 0.6 is 11.8 Å². The Balaban J connectivity index is 1.55. The van der Waals surface area contributed by atoms with Gasteiger partial charge in [-0.05, 0) is 24.3 Å². The molecule has 0 saturated carbocycles. The Morgan fingerprint density at radius 2 is 1.74 bits per heavy atom. The van der Waals surface area contributed by atoms with Gasteiger partial charge in [0, 0.05) is 10.9 Å². The molecule has 2 aromatic carbocycles. The predicted octanol–water partition coefficient (Wildman–Crippen LogP) is 2.37. The summed E-state index contributed by atoms with van der Waals surface area (Å²) in [5, 5.41) is 0.421. The van der Waals surface area contributed by atoms with Crippen molar-refractivity contribution in [3.8, 4) is 5.75 Å². The van der Waals surface area contributed by atoms with E-state index in [4.69, 9.17) is 4.74 Å². The Kier molecular flexibility index (Phi) is 4.92. The number of benzene rings is 2. The van der Waals surface area contributed by atoms with E-state index in [9.17, 15) is 13.2 Å².